The van der Waals surface area contributed by atoms with Crippen molar-refractivity contribution in [3.05, 3.63) is 11.6 Å². The van der Waals surface area contributed by atoms with Crippen molar-refractivity contribution in [2.24, 2.45) is 11.8 Å². The lowest BCUT2D eigenvalue weighted by atomic mass is 9.99. The summed E-state index contributed by atoms with van der Waals surface area (Å²) in [6, 6.07) is 6.60. The lowest BCUT2D eigenvalue weighted by Crippen LogP contribution is -2.05. The third-order valence-electron chi connectivity index (χ3n) is 1.47. The molecule has 0 unspecified atom stereocenters. The van der Waals surface area contributed by atoms with Crippen LogP contribution in [0.1, 0.15) is 0 Å². The second-order valence-corrected chi connectivity index (χ2v) is 2.33. The van der Waals surface area contributed by atoms with E-state index < -0.39 is 18.4 Å². The van der Waals surface area contributed by atoms with Gasteiger partial charge in [-0.3, -0.25) is 0 Å². The largest absolute Gasteiger partial charge is 0.392 e. The Morgan fingerprint density at radius 3 is 1.86 bits per heavy atom. The van der Waals surface area contributed by atoms with Crippen LogP contribution < -0.4 is 0 Å². The molecule has 0 aliphatic heterocycles. The third-order valence-corrected chi connectivity index (χ3v) is 1.47. The molecular weight excluding hydrogens is 180 g/mol. The molecule has 0 saturated heterocycles. The van der Waals surface area contributed by atoms with Crippen molar-refractivity contribution < 1.29 is 5.11 Å². The number of nitrogens with zero attached hydrogens (tertiary/aromatic N) is 4. The fraction of sp³-hybridized carbons (Fsp3) is 0.333. The van der Waals surface area contributed by atoms with E-state index in [4.69, 9.17) is 26.2 Å². The third kappa shape index (κ3) is 2.95. The van der Waals surface area contributed by atoms with Crippen molar-refractivity contribution >= 4 is 0 Å². The SMILES string of the molecule is N#CC(C#N)C=C(CO)C(C#N)C#N. The predicted molar refractivity (Wildman–Crippen MR) is 44.6 cm³/mol. The zero-order chi connectivity index (χ0) is 11.0. The molecule has 0 aliphatic carbocycles. The highest BCUT2D eigenvalue weighted by Gasteiger charge is 2.14. The summed E-state index contributed by atoms with van der Waals surface area (Å²) >= 11 is 0. The van der Waals surface area contributed by atoms with Crippen LogP contribution in [-0.4, -0.2) is 11.7 Å². The first kappa shape index (κ1) is 11.7. The molecule has 0 aromatic rings. The Morgan fingerprint density at radius 1 is 1.07 bits per heavy atom. The van der Waals surface area contributed by atoms with E-state index in [9.17, 15) is 0 Å². The maximum Gasteiger partial charge on any atom is 0.156 e. The topological polar surface area (TPSA) is 115 Å². The first-order chi connectivity index (χ1) is 6.73. The average molecular weight is 186 g/mol. The van der Waals surface area contributed by atoms with Gasteiger partial charge in [-0.15, -0.1) is 0 Å². The quantitative estimate of drug-likeness (QED) is 0.633. The van der Waals surface area contributed by atoms with E-state index in [0.717, 1.165) is 6.08 Å². The van der Waals surface area contributed by atoms with E-state index in [1.54, 1.807) is 24.3 Å². The van der Waals surface area contributed by atoms with Crippen LogP contribution in [0.4, 0.5) is 0 Å². The highest BCUT2D eigenvalue weighted by Crippen LogP contribution is 2.11. The fourth-order valence-electron chi connectivity index (χ4n) is 0.752. The molecule has 68 valence electrons. The molecule has 14 heavy (non-hydrogen) atoms. The maximum atomic E-state index is 8.81. The molecule has 0 radical (unpaired) electrons. The molecule has 0 aromatic carbocycles. The molecule has 0 atom stereocenters. The molecule has 0 amide bonds. The number of nitriles is 4. The first-order valence-corrected chi connectivity index (χ1v) is 3.63. The smallest absolute Gasteiger partial charge is 0.156 e. The molecule has 0 aliphatic rings. The molecule has 1 N–H and O–H groups in total. The van der Waals surface area contributed by atoms with Crippen LogP contribution in [0, 0.1) is 57.2 Å². The van der Waals surface area contributed by atoms with Crippen molar-refractivity contribution in [2.75, 3.05) is 6.61 Å². The highest BCUT2D eigenvalue weighted by atomic mass is 16.3. The Balaban J connectivity index is 4.95. The Morgan fingerprint density at radius 2 is 1.57 bits per heavy atom. The summed E-state index contributed by atoms with van der Waals surface area (Å²) in [4.78, 5) is 0. The minimum atomic E-state index is -1.11. The van der Waals surface area contributed by atoms with Crippen LogP contribution >= 0.6 is 0 Å². The van der Waals surface area contributed by atoms with Gasteiger partial charge in [0.1, 0.15) is 0 Å². The lowest BCUT2D eigenvalue weighted by molar-refractivity contribution is 0.324. The van der Waals surface area contributed by atoms with Crippen LogP contribution in [0.25, 0.3) is 0 Å². The molecule has 0 spiro atoms. The molecule has 0 bridgehead atoms. The summed E-state index contributed by atoms with van der Waals surface area (Å²) in [6.45, 7) is -0.508. The van der Waals surface area contributed by atoms with Crippen molar-refractivity contribution in [1.29, 1.82) is 21.0 Å². The predicted octanol–water partition coefficient (Wildman–Crippen LogP) is 0.232. The Bertz CT molecular complexity index is 357. The van der Waals surface area contributed by atoms with Crippen LogP contribution in [0.2, 0.25) is 0 Å². The number of aliphatic hydroxyl groups is 1. The second kappa shape index (κ2) is 6.21. The molecule has 5 nitrogen and oxygen atoms in total. The van der Waals surface area contributed by atoms with Crippen molar-refractivity contribution in [3.63, 3.8) is 0 Å². The lowest BCUT2D eigenvalue weighted by Gasteiger charge is -2.02. The summed E-state index contributed by atoms with van der Waals surface area (Å²) in [7, 11) is 0. The van der Waals surface area contributed by atoms with E-state index >= 15 is 0 Å². The summed E-state index contributed by atoms with van der Waals surface area (Å²) in [5, 5.41) is 42.7. The number of rotatable bonds is 3. The van der Waals surface area contributed by atoms with Crippen molar-refractivity contribution in [2.45, 2.75) is 0 Å². The van der Waals surface area contributed by atoms with Crippen LogP contribution in [0.5, 0.6) is 0 Å². The molecule has 0 aromatic heterocycles. The first-order valence-electron chi connectivity index (χ1n) is 3.63. The standard InChI is InChI=1S/C9H6N4O/c10-2-7(3-11)1-8(6-14)9(4-12)5-13/h1,7,9,14H,6H2. The molecule has 0 fully saturated rings. The average Bonchev–Trinajstić information content (AvgIpc) is 2.24. The van der Waals surface area contributed by atoms with Gasteiger partial charge in [0.2, 0.25) is 0 Å². The molecule has 0 saturated carbocycles. The van der Waals surface area contributed by atoms with Gasteiger partial charge in [-0.1, -0.05) is 0 Å². The van der Waals surface area contributed by atoms with Crippen molar-refractivity contribution in [1.82, 2.24) is 0 Å². The minimum absolute atomic E-state index is 0.0862. The minimum Gasteiger partial charge on any atom is -0.392 e. The van der Waals surface area contributed by atoms with Gasteiger partial charge < -0.3 is 5.11 Å². The molecule has 0 rings (SSSR count). The number of hydrogen-bond acceptors (Lipinski definition) is 5. The van der Waals surface area contributed by atoms with E-state index in [-0.39, 0.29) is 5.57 Å². The number of allylic oxidation sites excluding steroid dienone is 1. The van der Waals surface area contributed by atoms with Gasteiger partial charge in [0.25, 0.3) is 0 Å². The summed E-state index contributed by atoms with van der Waals surface area (Å²) in [5.41, 5.74) is 0.0862. The summed E-state index contributed by atoms with van der Waals surface area (Å²) < 4.78 is 0. The summed E-state index contributed by atoms with van der Waals surface area (Å²) in [6.07, 6.45) is 1.14. The van der Waals surface area contributed by atoms with Crippen LogP contribution in [-0.2, 0) is 0 Å². The Kier molecular flexibility index (Phi) is 5.17. The zero-order valence-electron chi connectivity index (χ0n) is 7.18. The van der Waals surface area contributed by atoms with E-state index in [2.05, 4.69) is 0 Å². The Labute approximate surface area is 81.3 Å². The Hall–Kier alpha value is -2.34. The van der Waals surface area contributed by atoms with Crippen LogP contribution in [0.3, 0.4) is 0 Å². The zero-order valence-corrected chi connectivity index (χ0v) is 7.18. The fourth-order valence-corrected chi connectivity index (χ4v) is 0.752. The second-order valence-electron chi connectivity index (χ2n) is 2.33. The van der Waals surface area contributed by atoms with Gasteiger partial charge in [-0.05, 0) is 11.6 Å². The normalized spacial score (nSPS) is 10.1. The molecular formula is C9H6N4O. The van der Waals surface area contributed by atoms with Gasteiger partial charge in [0.05, 0.1) is 30.9 Å². The van der Waals surface area contributed by atoms with E-state index in [1.807, 2.05) is 0 Å². The van der Waals surface area contributed by atoms with Gasteiger partial charge in [-0.2, -0.15) is 21.0 Å². The van der Waals surface area contributed by atoms with Gasteiger partial charge in [0.15, 0.2) is 11.8 Å². The summed E-state index contributed by atoms with van der Waals surface area (Å²) in [5.74, 6) is -2.15. The molecule has 5 heteroatoms. The van der Waals surface area contributed by atoms with E-state index in [0.29, 0.717) is 0 Å². The molecule has 0 heterocycles. The monoisotopic (exact) mass is 186 g/mol. The van der Waals surface area contributed by atoms with Gasteiger partial charge in [0, 0.05) is 0 Å². The number of hydrogen-bond donors (Lipinski definition) is 1. The van der Waals surface area contributed by atoms with Gasteiger partial charge >= 0.3 is 0 Å². The van der Waals surface area contributed by atoms with Crippen LogP contribution in [0.15, 0.2) is 11.6 Å². The highest BCUT2D eigenvalue weighted by molar-refractivity contribution is 5.27. The maximum absolute atomic E-state index is 8.81. The number of aliphatic hydroxyl groups excluding tert-OH is 1. The van der Waals surface area contributed by atoms with Crippen molar-refractivity contribution in [3.8, 4) is 24.3 Å². The van der Waals surface area contributed by atoms with Gasteiger partial charge in [-0.25, -0.2) is 0 Å². The van der Waals surface area contributed by atoms with E-state index in [1.165, 1.54) is 0 Å².